The van der Waals surface area contributed by atoms with Crippen molar-refractivity contribution in [2.45, 2.75) is 0 Å². The summed E-state index contributed by atoms with van der Waals surface area (Å²) in [5, 5.41) is 7.63. The lowest BCUT2D eigenvalue weighted by Gasteiger charge is -2.26. The van der Waals surface area contributed by atoms with E-state index in [1.54, 1.807) is 24.3 Å². The summed E-state index contributed by atoms with van der Waals surface area (Å²) < 4.78 is 109. The Morgan fingerprint density at radius 3 is 1.12 bits per heavy atom. The van der Waals surface area contributed by atoms with E-state index in [2.05, 4.69) is 111 Å². The molecular weight excluding hydrogens is 1260 g/mol. The van der Waals surface area contributed by atoms with E-state index in [1.807, 2.05) is 152 Å². The van der Waals surface area contributed by atoms with Crippen LogP contribution in [0, 0.1) is 6.57 Å². The van der Waals surface area contributed by atoms with Gasteiger partial charge >= 0.3 is 0 Å². The molecule has 0 aliphatic heterocycles. The van der Waals surface area contributed by atoms with Crippen molar-refractivity contribution in [2.24, 2.45) is 0 Å². The van der Waals surface area contributed by atoms with E-state index < -0.39 is 36.3 Å². The predicted molar refractivity (Wildman–Crippen MR) is 422 cm³/mol. The lowest BCUT2D eigenvalue weighted by Crippen LogP contribution is -2.12. The predicted octanol–water partition coefficient (Wildman–Crippen LogP) is 25.2. The first kappa shape index (κ1) is 48.5. The number of para-hydroxylation sites is 2. The number of nitrogens with zero attached hydrogens (tertiary/aromatic N) is 7. The highest BCUT2D eigenvalue weighted by Crippen LogP contribution is 2.53. The fourth-order valence-corrected chi connectivity index (χ4v) is 15.5. The van der Waals surface area contributed by atoms with Gasteiger partial charge in [-0.2, -0.15) is 0 Å². The van der Waals surface area contributed by atoms with Crippen LogP contribution < -0.4 is 0 Å². The van der Waals surface area contributed by atoms with Crippen molar-refractivity contribution in [1.82, 2.24) is 28.7 Å². The molecule has 6 heterocycles. The van der Waals surface area contributed by atoms with Gasteiger partial charge in [-0.1, -0.05) is 242 Å². The van der Waals surface area contributed by atoms with Crippen molar-refractivity contribution in [3.63, 3.8) is 0 Å². The van der Waals surface area contributed by atoms with E-state index in [9.17, 15) is 6.57 Å². The second-order valence-electron chi connectivity index (χ2n) is 25.7. The largest absolute Gasteiger partial charge is 0.455 e. The molecule has 6 aromatic heterocycles. The van der Waals surface area contributed by atoms with E-state index in [4.69, 9.17) is 42.3 Å². The molecule has 103 heavy (non-hydrogen) atoms. The molecule has 0 saturated heterocycles. The first-order chi connectivity index (χ1) is 55.2. The Labute approximate surface area is 603 Å². The van der Waals surface area contributed by atoms with Crippen LogP contribution in [0.25, 0.3) is 210 Å². The van der Waals surface area contributed by atoms with Gasteiger partial charge in [0.05, 0.1) is 81.2 Å². The van der Waals surface area contributed by atoms with E-state index in [0.717, 1.165) is 87.8 Å². The second kappa shape index (κ2) is 22.9. The lowest BCUT2D eigenvalue weighted by atomic mass is 10.0. The van der Waals surface area contributed by atoms with Gasteiger partial charge < -0.3 is 22.5 Å². The van der Waals surface area contributed by atoms with Gasteiger partial charge in [-0.25, -0.2) is 19.8 Å². The summed E-state index contributed by atoms with van der Waals surface area (Å²) in [6, 6.07) is 86.1. The molecule has 0 spiro atoms. The van der Waals surface area contributed by atoms with Gasteiger partial charge in [0.1, 0.15) is 22.3 Å². The Kier molecular flexibility index (Phi) is 10.8. The Hall–Kier alpha value is -14.2. The summed E-state index contributed by atoms with van der Waals surface area (Å²) in [4.78, 5) is 21.2. The third-order valence-electron chi connectivity index (χ3n) is 20.1. The quantitative estimate of drug-likeness (QED) is 0.127. The van der Waals surface area contributed by atoms with Crippen molar-refractivity contribution < 1.29 is 22.5 Å². The SMILES string of the molecule is [2H]c1c([2H])c([2H])c(-c2ccc3oc4c(ccc5c4c4cc(-c6ccccc6)ccc4n5-c4c([N+]#[C-])cc(-c5nc(-c6ccccc6)nc(-c6ccccc6)n5)c(-n5c6ccc(-c7ccccc7)cc6c6c7oc8ccc(-c9c([2H])c([2H])c([2H])c([2H])c9[2H])cc8c7ccc65)c4-n4c5ccccc5c5ccccc54)c3c2)c([2H])c1[2H]. The van der Waals surface area contributed by atoms with Crippen LogP contribution in [-0.2, 0) is 0 Å². The van der Waals surface area contributed by atoms with Crippen molar-refractivity contribution in [3.05, 3.63) is 345 Å². The van der Waals surface area contributed by atoms with E-state index >= 15 is 0 Å². The molecule has 21 rings (SSSR count). The smallest absolute Gasteiger partial charge is 0.213 e. The molecule has 21 aromatic rings. The van der Waals surface area contributed by atoms with Gasteiger partial charge in [-0.05, 0) is 136 Å². The van der Waals surface area contributed by atoms with Crippen molar-refractivity contribution >= 4 is 115 Å². The van der Waals surface area contributed by atoms with E-state index in [-0.39, 0.29) is 46.8 Å². The Morgan fingerprint density at radius 2 is 0.650 bits per heavy atom. The van der Waals surface area contributed by atoms with Crippen LogP contribution in [0.3, 0.4) is 0 Å². The van der Waals surface area contributed by atoms with E-state index in [1.165, 1.54) is 0 Å². The molecule has 0 saturated carbocycles. The summed E-state index contributed by atoms with van der Waals surface area (Å²) in [7, 11) is 0. The Morgan fingerprint density at radius 1 is 0.282 bits per heavy atom. The highest BCUT2D eigenvalue weighted by Gasteiger charge is 2.33. The number of hydrogen-bond acceptors (Lipinski definition) is 5. The minimum atomic E-state index is -0.483. The maximum absolute atomic E-state index is 9.96. The van der Waals surface area contributed by atoms with Crippen LogP contribution in [0.5, 0.6) is 0 Å². The second-order valence-corrected chi connectivity index (χ2v) is 25.7. The zero-order valence-electron chi connectivity index (χ0n) is 64.4. The molecule has 0 unspecified atom stereocenters. The van der Waals surface area contributed by atoms with Gasteiger partial charge in [-0.3, -0.25) is 0 Å². The molecule has 15 aromatic carbocycles. The van der Waals surface area contributed by atoms with Crippen LogP contribution in [0.15, 0.2) is 342 Å². The lowest BCUT2D eigenvalue weighted by molar-refractivity contribution is 0.672. The summed E-state index contributed by atoms with van der Waals surface area (Å²) in [6.45, 7) is 9.96. The zero-order valence-corrected chi connectivity index (χ0v) is 54.4. The van der Waals surface area contributed by atoms with E-state index in [0.29, 0.717) is 100 Å². The minimum absolute atomic E-state index is 0.0660. The molecule has 9 nitrogen and oxygen atoms in total. The van der Waals surface area contributed by atoms with Crippen molar-refractivity contribution in [3.8, 4) is 95.7 Å². The molecule has 0 bridgehead atoms. The molecule has 0 N–H and O–H groups in total. The molecule has 9 heteroatoms. The van der Waals surface area contributed by atoms with Gasteiger partial charge in [0, 0.05) is 59.8 Å². The van der Waals surface area contributed by atoms with Crippen LogP contribution in [0.1, 0.15) is 13.7 Å². The first-order valence-electron chi connectivity index (χ1n) is 38.8. The first-order valence-corrected chi connectivity index (χ1v) is 33.8. The maximum atomic E-state index is 9.96. The number of fused-ring (bicyclic) bond motifs is 17. The average molecular weight is 1320 g/mol. The molecule has 0 amide bonds. The van der Waals surface area contributed by atoms with Gasteiger partial charge in [0.15, 0.2) is 17.5 Å². The Balaban J connectivity index is 0.961. The summed E-state index contributed by atoms with van der Waals surface area (Å²) in [5.41, 5.74) is 15.0. The molecule has 0 aliphatic rings. The number of rotatable bonds is 10. The third kappa shape index (κ3) is 9.01. The summed E-state index contributed by atoms with van der Waals surface area (Å²) in [5.74, 6) is 1.04. The maximum Gasteiger partial charge on any atom is 0.213 e. The molecular formula is C94H55N7O2. The monoisotopic (exact) mass is 1320 g/mol. The fraction of sp³-hybridized carbons (Fsp3) is 0. The molecule has 0 aliphatic carbocycles. The van der Waals surface area contributed by atoms with Crippen LogP contribution in [-0.4, -0.2) is 28.7 Å². The highest BCUT2D eigenvalue weighted by molar-refractivity contribution is 6.27. The van der Waals surface area contributed by atoms with Crippen LogP contribution >= 0.6 is 0 Å². The molecule has 478 valence electrons. The molecule has 0 fully saturated rings. The van der Waals surface area contributed by atoms with Gasteiger partial charge in [0.25, 0.3) is 0 Å². The van der Waals surface area contributed by atoms with Gasteiger partial charge in [0.2, 0.25) is 5.69 Å². The highest BCUT2D eigenvalue weighted by atomic mass is 16.3. The van der Waals surface area contributed by atoms with Crippen LogP contribution in [0.4, 0.5) is 5.69 Å². The van der Waals surface area contributed by atoms with Gasteiger partial charge in [-0.15, -0.1) is 0 Å². The van der Waals surface area contributed by atoms with Crippen molar-refractivity contribution in [2.75, 3.05) is 0 Å². The number of furan rings is 2. The average Bonchev–Trinajstić information content (AvgIpc) is 1.54. The minimum Gasteiger partial charge on any atom is -0.455 e. The standard InChI is InChI=1S/C94H55N7O2/c1-95-76-56-75(94-97-92(61-32-16-6-17-33-61)96-93(98-94)62-34-18-7-19-35-62)87(100-79-46-40-63(57-24-8-2-9-25-57)54-73(79)85-81(100)48-44-69-71-52-65(59-28-12-4-13-29-59)42-50-83(71)102-90(69)85)89(99-77-38-22-20-36-67(77)68-37-21-23-39-78(68)99)88(76)101-80-47-41-64(58-26-10-3-11-27-58)55-74(80)86-82(101)49-45-70-72-53-66(60-30-14-5-15-31-60)43-51-84(72)103-91(70)86/h2-56H/i4D,5D,12D,13D,14D,15D,28D,29D,30D,31D. The molecule has 0 radical (unpaired) electrons. The fourth-order valence-electron chi connectivity index (χ4n) is 15.5. The third-order valence-corrected chi connectivity index (χ3v) is 20.1. The number of aromatic nitrogens is 6. The van der Waals surface area contributed by atoms with Crippen molar-refractivity contribution in [1.29, 1.82) is 0 Å². The number of benzene rings is 15. The number of hydrogen-bond donors (Lipinski definition) is 0. The normalized spacial score (nSPS) is 13.2. The summed E-state index contributed by atoms with van der Waals surface area (Å²) in [6.07, 6.45) is 0. The topological polar surface area (TPSA) is 84.1 Å². The Bertz CT molecular complexity index is 7590. The van der Waals surface area contributed by atoms with Crippen LogP contribution in [0.2, 0.25) is 0 Å². The zero-order chi connectivity index (χ0) is 76.5. The molecule has 0 atom stereocenters. The summed E-state index contributed by atoms with van der Waals surface area (Å²) >= 11 is 0.